The summed E-state index contributed by atoms with van der Waals surface area (Å²) in [6, 6.07) is 14.2. The number of nitrogens with zero attached hydrogens (tertiary/aromatic N) is 2. The van der Waals surface area contributed by atoms with Crippen molar-refractivity contribution in [1.29, 1.82) is 0 Å². The van der Waals surface area contributed by atoms with Gasteiger partial charge in [-0.25, -0.2) is 0 Å². The molecule has 0 N–H and O–H groups in total. The first-order valence-electron chi connectivity index (χ1n) is 8.77. The number of likely N-dealkylation sites (N-methyl/N-ethyl adjacent to an activating group) is 1. The molecule has 3 rings (SSSR count). The molecule has 0 unspecified atom stereocenters. The molecule has 6 heteroatoms. The lowest BCUT2D eigenvalue weighted by molar-refractivity contribution is -0.131. The van der Waals surface area contributed by atoms with Crippen molar-refractivity contribution in [3.63, 3.8) is 0 Å². The lowest BCUT2D eigenvalue weighted by atomic mass is 10.2. The van der Waals surface area contributed by atoms with E-state index in [9.17, 15) is 4.79 Å². The minimum atomic E-state index is 0.118. The van der Waals surface area contributed by atoms with Crippen LogP contribution in [-0.4, -0.2) is 36.4 Å². The van der Waals surface area contributed by atoms with Crippen LogP contribution in [0.2, 0.25) is 0 Å². The number of hydrogen-bond acceptors (Lipinski definition) is 5. The maximum absolute atomic E-state index is 12.8. The monoisotopic (exact) mass is 400 g/mol. The fourth-order valence-electron chi connectivity index (χ4n) is 2.92. The van der Waals surface area contributed by atoms with Crippen molar-refractivity contribution in [3.8, 4) is 5.75 Å². The molecule has 0 aliphatic rings. The summed E-state index contributed by atoms with van der Waals surface area (Å²) in [4.78, 5) is 18.0. The van der Waals surface area contributed by atoms with E-state index in [4.69, 9.17) is 4.74 Å². The van der Waals surface area contributed by atoms with Gasteiger partial charge in [0.1, 0.15) is 5.75 Å². The summed E-state index contributed by atoms with van der Waals surface area (Å²) < 4.78 is 5.49. The highest BCUT2D eigenvalue weighted by Gasteiger charge is 2.17. The molecule has 0 fully saturated rings. The molecule has 1 amide bonds. The van der Waals surface area contributed by atoms with Gasteiger partial charge in [0.2, 0.25) is 5.91 Å². The summed E-state index contributed by atoms with van der Waals surface area (Å²) in [5.74, 6) is 0.973. The van der Waals surface area contributed by atoms with Gasteiger partial charge in [-0.1, -0.05) is 24.3 Å². The highest BCUT2D eigenvalue weighted by Crippen LogP contribution is 2.21. The highest BCUT2D eigenvalue weighted by atomic mass is 32.1. The second-order valence-corrected chi connectivity index (χ2v) is 8.23. The van der Waals surface area contributed by atoms with E-state index in [-0.39, 0.29) is 5.91 Å². The Morgan fingerprint density at radius 1 is 1.04 bits per heavy atom. The van der Waals surface area contributed by atoms with Crippen LogP contribution >= 0.6 is 22.7 Å². The number of benzene rings is 1. The van der Waals surface area contributed by atoms with Gasteiger partial charge in [0.25, 0.3) is 0 Å². The van der Waals surface area contributed by atoms with Crippen LogP contribution in [0.4, 0.5) is 0 Å². The molecule has 3 aromatic rings. The topological polar surface area (TPSA) is 32.8 Å². The Bertz CT molecular complexity index is 832. The smallest absolute Gasteiger partial charge is 0.236 e. The third kappa shape index (κ3) is 5.66. The number of carbonyl (C=O) groups excluding carboxylic acids is 1. The van der Waals surface area contributed by atoms with Gasteiger partial charge in [-0.3, -0.25) is 9.69 Å². The molecule has 0 bridgehead atoms. The standard InChI is InChI=1S/C21H24N2O2S2/c1-22(12-17-9-11-26-16-17)21(24)15-23(14-19-7-5-10-27-19)13-18-6-3-4-8-20(18)25-2/h3-11,16H,12-15H2,1-2H3. The minimum absolute atomic E-state index is 0.118. The van der Waals surface area contributed by atoms with Crippen molar-refractivity contribution in [1.82, 2.24) is 9.80 Å². The quantitative estimate of drug-likeness (QED) is 0.531. The molecular weight excluding hydrogens is 376 g/mol. The number of thiophene rings is 2. The minimum Gasteiger partial charge on any atom is -0.496 e. The van der Waals surface area contributed by atoms with Crippen molar-refractivity contribution >= 4 is 28.6 Å². The number of ether oxygens (including phenoxy) is 1. The van der Waals surface area contributed by atoms with Gasteiger partial charge in [-0.05, 0) is 39.9 Å². The first-order valence-corrected chi connectivity index (χ1v) is 10.6. The number of amides is 1. The van der Waals surface area contributed by atoms with E-state index in [2.05, 4.69) is 33.9 Å². The van der Waals surface area contributed by atoms with E-state index in [1.54, 1.807) is 34.7 Å². The molecule has 1 aromatic carbocycles. The Kier molecular flexibility index (Phi) is 7.04. The molecule has 142 valence electrons. The Hall–Kier alpha value is -2.15. The van der Waals surface area contributed by atoms with Gasteiger partial charge in [0.15, 0.2) is 0 Å². The lowest BCUT2D eigenvalue weighted by Gasteiger charge is -2.25. The van der Waals surface area contributed by atoms with Crippen molar-refractivity contribution in [2.45, 2.75) is 19.6 Å². The zero-order chi connectivity index (χ0) is 19.1. The SMILES string of the molecule is COc1ccccc1CN(CC(=O)N(C)Cc1ccsc1)Cc1cccs1. The van der Waals surface area contributed by atoms with Crippen LogP contribution in [0, 0.1) is 0 Å². The van der Waals surface area contributed by atoms with Crippen LogP contribution in [0.3, 0.4) is 0 Å². The van der Waals surface area contributed by atoms with Crippen LogP contribution in [-0.2, 0) is 24.4 Å². The van der Waals surface area contributed by atoms with Gasteiger partial charge in [0, 0.05) is 37.1 Å². The number of hydrogen-bond donors (Lipinski definition) is 0. The van der Waals surface area contributed by atoms with Crippen molar-refractivity contribution in [2.75, 3.05) is 20.7 Å². The molecule has 0 atom stereocenters. The van der Waals surface area contributed by atoms with Crippen LogP contribution in [0.25, 0.3) is 0 Å². The molecule has 27 heavy (non-hydrogen) atoms. The summed E-state index contributed by atoms with van der Waals surface area (Å²) >= 11 is 3.37. The largest absolute Gasteiger partial charge is 0.496 e. The Balaban J connectivity index is 1.70. The van der Waals surface area contributed by atoms with Gasteiger partial charge >= 0.3 is 0 Å². The average Bonchev–Trinajstić information content (AvgIpc) is 3.36. The molecule has 0 aliphatic heterocycles. The first kappa shape index (κ1) is 19.6. The normalized spacial score (nSPS) is 10.9. The molecule has 2 heterocycles. The van der Waals surface area contributed by atoms with E-state index in [0.29, 0.717) is 19.6 Å². The summed E-state index contributed by atoms with van der Waals surface area (Å²) in [7, 11) is 3.55. The van der Waals surface area contributed by atoms with E-state index < -0.39 is 0 Å². The van der Waals surface area contributed by atoms with E-state index >= 15 is 0 Å². The second kappa shape index (κ2) is 9.69. The molecule has 0 spiro atoms. The number of methoxy groups -OCH3 is 1. The summed E-state index contributed by atoms with van der Waals surface area (Å²) in [5, 5.41) is 6.20. The van der Waals surface area contributed by atoms with Crippen molar-refractivity contribution < 1.29 is 9.53 Å². The molecule has 4 nitrogen and oxygen atoms in total. The number of carbonyl (C=O) groups is 1. The summed E-state index contributed by atoms with van der Waals surface area (Å²) in [5.41, 5.74) is 2.26. The third-order valence-electron chi connectivity index (χ3n) is 4.33. The zero-order valence-electron chi connectivity index (χ0n) is 15.6. The lowest BCUT2D eigenvalue weighted by Crippen LogP contribution is -2.37. The van der Waals surface area contributed by atoms with Crippen LogP contribution in [0.1, 0.15) is 16.0 Å². The Morgan fingerprint density at radius 2 is 1.89 bits per heavy atom. The van der Waals surface area contributed by atoms with E-state index in [0.717, 1.165) is 17.9 Å². The molecule has 0 saturated carbocycles. The van der Waals surface area contributed by atoms with Crippen molar-refractivity contribution in [2.24, 2.45) is 0 Å². The number of rotatable bonds is 9. The maximum atomic E-state index is 12.8. The molecule has 2 aromatic heterocycles. The predicted octanol–water partition coefficient (Wildman–Crippen LogP) is 4.48. The van der Waals surface area contributed by atoms with Gasteiger partial charge in [-0.2, -0.15) is 11.3 Å². The maximum Gasteiger partial charge on any atom is 0.236 e. The molecule has 0 radical (unpaired) electrons. The molecule has 0 aliphatic carbocycles. The third-order valence-corrected chi connectivity index (χ3v) is 5.92. The van der Waals surface area contributed by atoms with Crippen LogP contribution in [0.5, 0.6) is 5.75 Å². The fraction of sp³-hybridized carbons (Fsp3) is 0.286. The van der Waals surface area contributed by atoms with Gasteiger partial charge in [-0.15, -0.1) is 11.3 Å². The second-order valence-electron chi connectivity index (χ2n) is 6.42. The summed E-state index contributed by atoms with van der Waals surface area (Å²) in [6.45, 7) is 2.42. The summed E-state index contributed by atoms with van der Waals surface area (Å²) in [6.07, 6.45) is 0. The Morgan fingerprint density at radius 3 is 2.59 bits per heavy atom. The van der Waals surface area contributed by atoms with Gasteiger partial charge in [0.05, 0.1) is 13.7 Å². The van der Waals surface area contributed by atoms with E-state index in [1.165, 1.54) is 10.4 Å². The zero-order valence-corrected chi connectivity index (χ0v) is 17.3. The van der Waals surface area contributed by atoms with E-state index in [1.807, 2.05) is 36.7 Å². The highest BCUT2D eigenvalue weighted by molar-refractivity contribution is 7.09. The number of para-hydroxylation sites is 1. The average molecular weight is 401 g/mol. The first-order chi connectivity index (χ1) is 13.2. The Labute approximate surface area is 168 Å². The molecular formula is C21H24N2O2S2. The predicted molar refractivity (Wildman–Crippen MR) is 112 cm³/mol. The molecule has 0 saturated heterocycles. The van der Waals surface area contributed by atoms with Gasteiger partial charge < -0.3 is 9.64 Å². The fourth-order valence-corrected chi connectivity index (χ4v) is 4.33. The van der Waals surface area contributed by atoms with Crippen LogP contribution in [0.15, 0.2) is 58.6 Å². The van der Waals surface area contributed by atoms with Crippen molar-refractivity contribution in [3.05, 3.63) is 74.6 Å². The van der Waals surface area contributed by atoms with Crippen LogP contribution < -0.4 is 4.74 Å².